The van der Waals surface area contributed by atoms with Gasteiger partial charge in [-0.05, 0) is 36.2 Å². The molecule has 2 aromatic rings. The average Bonchev–Trinajstić information content (AvgIpc) is 2.77. The summed E-state index contributed by atoms with van der Waals surface area (Å²) in [6.45, 7) is 4.10. The first-order chi connectivity index (χ1) is 13.6. The zero-order valence-electron chi connectivity index (χ0n) is 16.6. The number of aryl methyl sites for hydroxylation is 1. The number of rotatable bonds is 5. The van der Waals surface area contributed by atoms with Crippen LogP contribution >= 0.6 is 0 Å². The van der Waals surface area contributed by atoms with Crippen molar-refractivity contribution in [2.24, 2.45) is 0 Å². The minimum atomic E-state index is -0.0982. The summed E-state index contributed by atoms with van der Waals surface area (Å²) in [4.78, 5) is 29.2. The second-order valence-corrected chi connectivity index (χ2v) is 6.70. The van der Waals surface area contributed by atoms with Gasteiger partial charge in [0.05, 0.1) is 19.8 Å². The number of piperazine rings is 1. The molecule has 3 rings (SSSR count). The Labute approximate surface area is 165 Å². The van der Waals surface area contributed by atoms with Crippen molar-refractivity contribution in [3.8, 4) is 11.5 Å². The smallest absolute Gasteiger partial charge is 0.257 e. The third-order valence-electron chi connectivity index (χ3n) is 5.10. The molecule has 2 amide bonds. The summed E-state index contributed by atoms with van der Waals surface area (Å²) < 4.78 is 10.5. The summed E-state index contributed by atoms with van der Waals surface area (Å²) in [6, 6.07) is 12.9. The molecule has 0 saturated carbocycles. The molecule has 0 atom stereocenters. The Bertz CT molecular complexity index is 840. The van der Waals surface area contributed by atoms with Crippen molar-refractivity contribution in [2.75, 3.05) is 40.4 Å². The molecular weight excluding hydrogens is 356 g/mol. The monoisotopic (exact) mass is 382 g/mol. The Morgan fingerprint density at radius 3 is 2.00 bits per heavy atom. The van der Waals surface area contributed by atoms with E-state index in [4.69, 9.17) is 9.47 Å². The standard InChI is InChI=1S/C22H26N2O4/c1-4-16-5-7-17(8-6-16)21(25)23-11-13-24(14-12-23)22(26)19-10-9-18(27-2)15-20(19)28-3/h5-10,15H,4,11-14H2,1-3H3. The first-order valence-corrected chi connectivity index (χ1v) is 9.47. The fraction of sp³-hybridized carbons (Fsp3) is 0.364. The number of hydrogen-bond acceptors (Lipinski definition) is 4. The van der Waals surface area contributed by atoms with E-state index in [-0.39, 0.29) is 11.8 Å². The SMILES string of the molecule is CCc1ccc(C(=O)N2CCN(C(=O)c3ccc(OC)cc3OC)CC2)cc1. The molecule has 0 spiro atoms. The van der Waals surface area contributed by atoms with Crippen LogP contribution in [0, 0.1) is 0 Å². The highest BCUT2D eigenvalue weighted by molar-refractivity contribution is 5.98. The molecule has 6 nitrogen and oxygen atoms in total. The summed E-state index contributed by atoms with van der Waals surface area (Å²) in [5.74, 6) is 1.03. The quantitative estimate of drug-likeness (QED) is 0.798. The van der Waals surface area contributed by atoms with Crippen molar-refractivity contribution in [3.05, 3.63) is 59.2 Å². The minimum absolute atomic E-state index is 0.0109. The van der Waals surface area contributed by atoms with Crippen LogP contribution in [-0.4, -0.2) is 62.0 Å². The molecule has 1 heterocycles. The van der Waals surface area contributed by atoms with Crippen LogP contribution in [0.3, 0.4) is 0 Å². The van der Waals surface area contributed by atoms with E-state index in [9.17, 15) is 9.59 Å². The predicted molar refractivity (Wildman–Crippen MR) is 107 cm³/mol. The van der Waals surface area contributed by atoms with Gasteiger partial charge in [0.1, 0.15) is 11.5 Å². The van der Waals surface area contributed by atoms with E-state index < -0.39 is 0 Å². The third-order valence-corrected chi connectivity index (χ3v) is 5.10. The number of nitrogens with zero attached hydrogens (tertiary/aromatic N) is 2. The highest BCUT2D eigenvalue weighted by Crippen LogP contribution is 2.26. The summed E-state index contributed by atoms with van der Waals surface area (Å²) in [5, 5.41) is 0. The number of amides is 2. The van der Waals surface area contributed by atoms with Crippen LogP contribution in [0.1, 0.15) is 33.2 Å². The maximum Gasteiger partial charge on any atom is 0.257 e. The van der Waals surface area contributed by atoms with Crippen LogP contribution in [0.15, 0.2) is 42.5 Å². The van der Waals surface area contributed by atoms with Gasteiger partial charge in [-0.3, -0.25) is 9.59 Å². The van der Waals surface area contributed by atoms with Gasteiger partial charge in [-0.1, -0.05) is 19.1 Å². The number of ether oxygens (including phenoxy) is 2. The molecule has 148 valence electrons. The van der Waals surface area contributed by atoms with Gasteiger partial charge in [0, 0.05) is 37.8 Å². The summed E-state index contributed by atoms with van der Waals surface area (Å²) in [6.07, 6.45) is 0.948. The number of hydrogen-bond donors (Lipinski definition) is 0. The normalized spacial score (nSPS) is 14.0. The average molecular weight is 382 g/mol. The Morgan fingerprint density at radius 2 is 1.46 bits per heavy atom. The lowest BCUT2D eigenvalue weighted by molar-refractivity contribution is 0.0533. The van der Waals surface area contributed by atoms with Gasteiger partial charge in [0.2, 0.25) is 0 Å². The predicted octanol–water partition coefficient (Wildman–Crippen LogP) is 2.86. The molecule has 6 heteroatoms. The topological polar surface area (TPSA) is 59.1 Å². The van der Waals surface area contributed by atoms with Gasteiger partial charge >= 0.3 is 0 Å². The van der Waals surface area contributed by atoms with Crippen molar-refractivity contribution in [3.63, 3.8) is 0 Å². The minimum Gasteiger partial charge on any atom is -0.497 e. The van der Waals surface area contributed by atoms with E-state index in [1.807, 2.05) is 24.3 Å². The maximum absolute atomic E-state index is 12.9. The largest absolute Gasteiger partial charge is 0.497 e. The molecule has 0 aromatic heterocycles. The molecule has 1 saturated heterocycles. The molecule has 0 N–H and O–H groups in total. The van der Waals surface area contributed by atoms with Crippen molar-refractivity contribution in [1.29, 1.82) is 0 Å². The lowest BCUT2D eigenvalue weighted by atomic mass is 10.1. The fourth-order valence-corrected chi connectivity index (χ4v) is 3.32. The van der Waals surface area contributed by atoms with Gasteiger partial charge in [-0.2, -0.15) is 0 Å². The molecule has 1 aliphatic heterocycles. The first-order valence-electron chi connectivity index (χ1n) is 9.47. The summed E-state index contributed by atoms with van der Waals surface area (Å²) in [5.41, 5.74) is 2.40. The van der Waals surface area contributed by atoms with Gasteiger partial charge in [-0.15, -0.1) is 0 Å². The van der Waals surface area contributed by atoms with Crippen LogP contribution in [0.25, 0.3) is 0 Å². The maximum atomic E-state index is 12.9. The second-order valence-electron chi connectivity index (χ2n) is 6.70. The number of carbonyl (C=O) groups excluding carboxylic acids is 2. The Kier molecular flexibility index (Phi) is 6.19. The van der Waals surface area contributed by atoms with E-state index in [2.05, 4.69) is 6.92 Å². The Morgan fingerprint density at radius 1 is 0.857 bits per heavy atom. The van der Waals surface area contributed by atoms with Gasteiger partial charge < -0.3 is 19.3 Å². The van der Waals surface area contributed by atoms with Crippen molar-refractivity contribution in [2.45, 2.75) is 13.3 Å². The molecule has 1 fully saturated rings. The molecule has 28 heavy (non-hydrogen) atoms. The number of carbonyl (C=O) groups is 2. The fourth-order valence-electron chi connectivity index (χ4n) is 3.32. The van der Waals surface area contributed by atoms with Crippen molar-refractivity contribution in [1.82, 2.24) is 9.80 Å². The molecule has 0 radical (unpaired) electrons. The third kappa shape index (κ3) is 4.11. The van der Waals surface area contributed by atoms with E-state index in [1.54, 1.807) is 35.1 Å². The number of benzene rings is 2. The lowest BCUT2D eigenvalue weighted by Gasteiger charge is -2.35. The van der Waals surface area contributed by atoms with Crippen molar-refractivity contribution < 1.29 is 19.1 Å². The van der Waals surface area contributed by atoms with Gasteiger partial charge in [0.25, 0.3) is 11.8 Å². The molecule has 2 aromatic carbocycles. The molecule has 0 unspecified atom stereocenters. The Hall–Kier alpha value is -3.02. The van der Waals surface area contributed by atoms with Crippen LogP contribution in [0.2, 0.25) is 0 Å². The van der Waals surface area contributed by atoms with Crippen LogP contribution in [-0.2, 0) is 6.42 Å². The molecular formula is C22H26N2O4. The molecule has 0 bridgehead atoms. The molecule has 0 aliphatic carbocycles. The van der Waals surface area contributed by atoms with Crippen LogP contribution < -0.4 is 9.47 Å². The zero-order valence-corrected chi connectivity index (χ0v) is 16.6. The Balaban J connectivity index is 1.64. The van der Waals surface area contributed by atoms with Crippen LogP contribution in [0.5, 0.6) is 11.5 Å². The summed E-state index contributed by atoms with van der Waals surface area (Å²) in [7, 11) is 3.11. The highest BCUT2D eigenvalue weighted by atomic mass is 16.5. The van der Waals surface area contributed by atoms with Gasteiger partial charge in [-0.25, -0.2) is 0 Å². The zero-order chi connectivity index (χ0) is 20.1. The van der Waals surface area contributed by atoms with E-state index in [1.165, 1.54) is 12.7 Å². The molecule has 1 aliphatic rings. The summed E-state index contributed by atoms with van der Waals surface area (Å²) >= 11 is 0. The van der Waals surface area contributed by atoms with Crippen molar-refractivity contribution >= 4 is 11.8 Å². The van der Waals surface area contributed by atoms with E-state index >= 15 is 0 Å². The highest BCUT2D eigenvalue weighted by Gasteiger charge is 2.27. The lowest BCUT2D eigenvalue weighted by Crippen LogP contribution is -2.50. The second kappa shape index (κ2) is 8.78. The first kappa shape index (κ1) is 19.7. The van der Waals surface area contributed by atoms with E-state index in [0.717, 1.165) is 6.42 Å². The van der Waals surface area contributed by atoms with Gasteiger partial charge in [0.15, 0.2) is 0 Å². The van der Waals surface area contributed by atoms with E-state index in [0.29, 0.717) is 48.8 Å². The van der Waals surface area contributed by atoms with Crippen LogP contribution in [0.4, 0.5) is 0 Å². The number of methoxy groups -OCH3 is 2.